The number of nitrogens with two attached hydrogens (primary N) is 1. The van der Waals surface area contributed by atoms with Gasteiger partial charge in [-0.25, -0.2) is 4.98 Å². The summed E-state index contributed by atoms with van der Waals surface area (Å²) >= 11 is 11.9. The van der Waals surface area contributed by atoms with E-state index in [1.165, 1.54) is 0 Å². The van der Waals surface area contributed by atoms with Crippen LogP contribution in [0, 0.1) is 6.92 Å². The molecule has 4 nitrogen and oxygen atoms in total. The number of anilines is 1. The fourth-order valence-electron chi connectivity index (χ4n) is 1.96. The maximum atomic E-state index is 12.0. The minimum absolute atomic E-state index is 0.183. The second kappa shape index (κ2) is 6.78. The third-order valence-electron chi connectivity index (χ3n) is 2.93. The van der Waals surface area contributed by atoms with E-state index in [4.69, 9.17) is 28.9 Å². The number of carbonyl (C=O) groups is 1. The minimum atomic E-state index is -0.183. The number of benzene rings is 1. The molecule has 110 valence electrons. The van der Waals surface area contributed by atoms with Crippen molar-refractivity contribution in [3.63, 3.8) is 0 Å². The molecule has 0 aliphatic heterocycles. The largest absolute Gasteiger partial charge is 0.384 e. The molecule has 1 heterocycles. The van der Waals surface area contributed by atoms with Crippen LogP contribution >= 0.6 is 23.2 Å². The fourth-order valence-corrected chi connectivity index (χ4v) is 2.47. The number of hydrogen-bond acceptors (Lipinski definition) is 3. The molecule has 0 fully saturated rings. The molecule has 0 aliphatic carbocycles. The van der Waals surface area contributed by atoms with E-state index in [-0.39, 0.29) is 5.91 Å². The van der Waals surface area contributed by atoms with Gasteiger partial charge in [-0.3, -0.25) is 4.79 Å². The Balaban J connectivity index is 1.95. The van der Waals surface area contributed by atoms with Crippen LogP contribution in [0.25, 0.3) is 0 Å². The van der Waals surface area contributed by atoms with Gasteiger partial charge >= 0.3 is 0 Å². The Morgan fingerprint density at radius 3 is 2.71 bits per heavy atom. The van der Waals surface area contributed by atoms with Crippen molar-refractivity contribution in [2.45, 2.75) is 13.3 Å². The van der Waals surface area contributed by atoms with Crippen molar-refractivity contribution in [1.29, 1.82) is 0 Å². The van der Waals surface area contributed by atoms with Crippen molar-refractivity contribution in [1.82, 2.24) is 10.3 Å². The smallest absolute Gasteiger partial charge is 0.251 e. The van der Waals surface area contributed by atoms with Gasteiger partial charge in [-0.15, -0.1) is 0 Å². The van der Waals surface area contributed by atoms with Crippen LogP contribution in [0.15, 0.2) is 30.3 Å². The first-order chi connectivity index (χ1) is 9.95. The molecule has 1 aromatic heterocycles. The molecule has 0 unspecified atom stereocenters. The summed E-state index contributed by atoms with van der Waals surface area (Å²) in [5.74, 6) is 0.151. The van der Waals surface area contributed by atoms with Crippen molar-refractivity contribution < 1.29 is 4.79 Å². The molecule has 0 aliphatic rings. The molecule has 2 aromatic rings. The molecule has 0 spiro atoms. The molecule has 3 N–H and O–H groups in total. The SMILES string of the molecule is Cc1cc(C(=O)NCCc2ccc(Cl)cc2Cl)cc(N)n1. The van der Waals surface area contributed by atoms with Gasteiger partial charge in [-0.1, -0.05) is 29.3 Å². The first kappa shape index (κ1) is 15.6. The molecule has 0 saturated heterocycles. The van der Waals surface area contributed by atoms with Crippen LogP contribution in [0.5, 0.6) is 0 Å². The van der Waals surface area contributed by atoms with Crippen LogP contribution in [-0.4, -0.2) is 17.4 Å². The molecule has 21 heavy (non-hydrogen) atoms. The van der Waals surface area contributed by atoms with Gasteiger partial charge in [-0.05, 0) is 43.2 Å². The van der Waals surface area contributed by atoms with Crippen molar-refractivity contribution in [3.05, 3.63) is 57.2 Å². The van der Waals surface area contributed by atoms with Crippen molar-refractivity contribution in [3.8, 4) is 0 Å². The Labute approximate surface area is 133 Å². The Bertz CT molecular complexity index is 654. The maximum absolute atomic E-state index is 12.0. The topological polar surface area (TPSA) is 68.0 Å². The zero-order valence-corrected chi connectivity index (χ0v) is 13.0. The van der Waals surface area contributed by atoms with E-state index in [0.29, 0.717) is 40.1 Å². The highest BCUT2D eigenvalue weighted by molar-refractivity contribution is 6.35. The van der Waals surface area contributed by atoms with Crippen LogP contribution < -0.4 is 11.1 Å². The van der Waals surface area contributed by atoms with E-state index in [1.54, 1.807) is 31.2 Å². The number of nitrogens with zero attached hydrogens (tertiary/aromatic N) is 1. The standard InChI is InChI=1S/C15H15Cl2N3O/c1-9-6-11(7-14(18)20-9)15(21)19-5-4-10-2-3-12(16)8-13(10)17/h2-3,6-8H,4-5H2,1H3,(H2,18,20)(H,19,21). The van der Waals surface area contributed by atoms with E-state index >= 15 is 0 Å². The molecule has 0 saturated carbocycles. The van der Waals surface area contributed by atoms with Crippen LogP contribution in [-0.2, 0) is 6.42 Å². The Morgan fingerprint density at radius 1 is 1.29 bits per heavy atom. The van der Waals surface area contributed by atoms with Gasteiger partial charge in [0.2, 0.25) is 0 Å². The zero-order chi connectivity index (χ0) is 15.4. The summed E-state index contributed by atoms with van der Waals surface area (Å²) in [4.78, 5) is 16.1. The predicted molar refractivity (Wildman–Crippen MR) is 85.9 cm³/mol. The monoisotopic (exact) mass is 323 g/mol. The molecule has 1 aromatic carbocycles. The van der Waals surface area contributed by atoms with Gasteiger partial charge < -0.3 is 11.1 Å². The number of rotatable bonds is 4. The summed E-state index contributed by atoms with van der Waals surface area (Å²) in [5.41, 5.74) is 7.78. The Hall–Kier alpha value is -1.78. The summed E-state index contributed by atoms with van der Waals surface area (Å²) in [5, 5.41) is 4.02. The first-order valence-corrected chi connectivity index (χ1v) is 7.17. The van der Waals surface area contributed by atoms with E-state index in [1.807, 2.05) is 6.07 Å². The van der Waals surface area contributed by atoms with E-state index < -0.39 is 0 Å². The highest BCUT2D eigenvalue weighted by Gasteiger charge is 2.08. The van der Waals surface area contributed by atoms with Gasteiger partial charge in [0.15, 0.2) is 0 Å². The molecular formula is C15H15Cl2N3O. The van der Waals surface area contributed by atoms with Gasteiger partial charge in [0.25, 0.3) is 5.91 Å². The number of carbonyl (C=O) groups excluding carboxylic acids is 1. The van der Waals surface area contributed by atoms with E-state index in [0.717, 1.165) is 5.56 Å². The van der Waals surface area contributed by atoms with Gasteiger partial charge in [0.1, 0.15) is 5.82 Å². The summed E-state index contributed by atoms with van der Waals surface area (Å²) in [6.07, 6.45) is 0.626. The highest BCUT2D eigenvalue weighted by atomic mass is 35.5. The van der Waals surface area contributed by atoms with Crippen molar-refractivity contribution in [2.75, 3.05) is 12.3 Å². The zero-order valence-electron chi connectivity index (χ0n) is 11.5. The number of pyridine rings is 1. The van der Waals surface area contributed by atoms with Crippen LogP contribution in [0.3, 0.4) is 0 Å². The average Bonchev–Trinajstić information content (AvgIpc) is 2.40. The summed E-state index contributed by atoms with van der Waals surface area (Å²) < 4.78 is 0. The van der Waals surface area contributed by atoms with Crippen LogP contribution in [0.2, 0.25) is 10.0 Å². The number of aromatic nitrogens is 1. The fraction of sp³-hybridized carbons (Fsp3) is 0.200. The van der Waals surface area contributed by atoms with Gasteiger partial charge in [-0.2, -0.15) is 0 Å². The molecule has 1 amide bonds. The average molecular weight is 324 g/mol. The van der Waals surface area contributed by atoms with Crippen molar-refractivity contribution in [2.24, 2.45) is 0 Å². The number of aryl methyl sites for hydroxylation is 1. The van der Waals surface area contributed by atoms with E-state index in [2.05, 4.69) is 10.3 Å². The van der Waals surface area contributed by atoms with E-state index in [9.17, 15) is 4.79 Å². The molecule has 6 heteroatoms. The van der Waals surface area contributed by atoms with Gasteiger partial charge in [0, 0.05) is 27.8 Å². The number of nitrogens with one attached hydrogen (secondary N) is 1. The molecular weight excluding hydrogens is 309 g/mol. The predicted octanol–water partition coefficient (Wildman–Crippen LogP) is 3.25. The second-order valence-corrected chi connectivity index (χ2v) is 5.51. The number of hydrogen-bond donors (Lipinski definition) is 2. The number of amides is 1. The Morgan fingerprint density at radius 2 is 2.05 bits per heavy atom. The maximum Gasteiger partial charge on any atom is 0.251 e. The quantitative estimate of drug-likeness (QED) is 0.907. The summed E-state index contributed by atoms with van der Waals surface area (Å²) in [6, 6.07) is 8.56. The lowest BCUT2D eigenvalue weighted by Gasteiger charge is -2.08. The summed E-state index contributed by atoms with van der Waals surface area (Å²) in [6.45, 7) is 2.27. The molecule has 0 radical (unpaired) electrons. The molecule has 2 rings (SSSR count). The minimum Gasteiger partial charge on any atom is -0.384 e. The molecule has 0 bridgehead atoms. The Kier molecular flexibility index (Phi) is 5.04. The summed E-state index contributed by atoms with van der Waals surface area (Å²) in [7, 11) is 0. The number of nitrogen functional groups attached to an aromatic ring is 1. The van der Waals surface area contributed by atoms with Crippen LogP contribution in [0.1, 0.15) is 21.6 Å². The van der Waals surface area contributed by atoms with Crippen molar-refractivity contribution >= 4 is 34.9 Å². The third-order valence-corrected chi connectivity index (χ3v) is 3.52. The highest BCUT2D eigenvalue weighted by Crippen LogP contribution is 2.21. The number of halogens is 2. The van der Waals surface area contributed by atoms with Crippen LogP contribution in [0.4, 0.5) is 5.82 Å². The lowest BCUT2D eigenvalue weighted by Crippen LogP contribution is -2.26. The lowest BCUT2D eigenvalue weighted by atomic mass is 10.1. The third kappa shape index (κ3) is 4.34. The van der Waals surface area contributed by atoms with Gasteiger partial charge in [0.05, 0.1) is 0 Å². The normalized spacial score (nSPS) is 10.4. The lowest BCUT2D eigenvalue weighted by molar-refractivity contribution is 0.0954. The first-order valence-electron chi connectivity index (χ1n) is 6.42. The molecule has 0 atom stereocenters. The second-order valence-electron chi connectivity index (χ2n) is 4.66.